The van der Waals surface area contributed by atoms with Gasteiger partial charge in [0.05, 0.1) is 4.92 Å². The zero-order valence-corrected chi connectivity index (χ0v) is 11.1. The molecule has 104 valence electrons. The van der Waals surface area contributed by atoms with E-state index in [4.69, 9.17) is 0 Å². The normalized spacial score (nSPS) is 16.6. The Hall–Kier alpha value is -1.76. The molecule has 2 rings (SSSR count). The smallest absolute Gasteiger partial charge is 0.305 e. The molecular formula is C12H19N5O2. The third-order valence-corrected chi connectivity index (χ3v) is 3.42. The largest absolute Gasteiger partial charge is 0.341 e. The van der Waals surface area contributed by atoms with Crippen molar-refractivity contribution in [2.24, 2.45) is 5.92 Å². The molecule has 0 bridgehead atoms. The maximum absolute atomic E-state index is 10.5. The van der Waals surface area contributed by atoms with E-state index in [0.29, 0.717) is 11.9 Å². The molecule has 0 amide bonds. The Labute approximate surface area is 112 Å². The molecule has 0 unspecified atom stereocenters. The average Bonchev–Trinajstić information content (AvgIpc) is 2.46. The zero-order valence-electron chi connectivity index (χ0n) is 11.1. The van der Waals surface area contributed by atoms with Gasteiger partial charge in [-0.15, -0.1) is 0 Å². The summed E-state index contributed by atoms with van der Waals surface area (Å²) in [5, 5.41) is 13.9. The van der Waals surface area contributed by atoms with Gasteiger partial charge in [-0.25, -0.2) is 9.97 Å². The van der Waals surface area contributed by atoms with Crippen molar-refractivity contribution in [3.63, 3.8) is 0 Å². The zero-order chi connectivity index (χ0) is 13.7. The predicted octanol–water partition coefficient (Wildman–Crippen LogP) is 1.21. The van der Waals surface area contributed by atoms with Crippen LogP contribution in [-0.4, -0.2) is 41.1 Å². The highest BCUT2D eigenvalue weighted by Gasteiger charge is 2.21. The van der Waals surface area contributed by atoms with E-state index in [9.17, 15) is 10.1 Å². The first-order valence-corrected chi connectivity index (χ1v) is 6.62. The fourth-order valence-corrected chi connectivity index (χ4v) is 2.26. The van der Waals surface area contributed by atoms with Gasteiger partial charge in [0.25, 0.3) is 0 Å². The molecule has 1 aliphatic heterocycles. The lowest BCUT2D eigenvalue weighted by molar-refractivity contribution is -0.385. The van der Waals surface area contributed by atoms with E-state index in [-0.39, 0.29) is 5.69 Å². The Morgan fingerprint density at radius 3 is 2.58 bits per heavy atom. The van der Waals surface area contributed by atoms with Crippen molar-refractivity contribution < 1.29 is 4.92 Å². The average molecular weight is 265 g/mol. The minimum Gasteiger partial charge on any atom is -0.341 e. The van der Waals surface area contributed by atoms with Crippen LogP contribution in [0.25, 0.3) is 0 Å². The molecule has 0 radical (unpaired) electrons. The Morgan fingerprint density at radius 2 is 2.05 bits per heavy atom. The highest BCUT2D eigenvalue weighted by molar-refractivity contribution is 5.34. The van der Waals surface area contributed by atoms with Crippen molar-refractivity contribution in [2.75, 3.05) is 31.1 Å². The predicted molar refractivity (Wildman–Crippen MR) is 72.2 cm³/mol. The number of nitrogens with one attached hydrogen (secondary N) is 1. The first-order chi connectivity index (χ1) is 9.20. The maximum atomic E-state index is 10.5. The van der Waals surface area contributed by atoms with Crippen LogP contribution in [0.15, 0.2) is 12.4 Å². The molecule has 2 heterocycles. The van der Waals surface area contributed by atoms with Gasteiger partial charge in [-0.3, -0.25) is 10.1 Å². The lowest BCUT2D eigenvalue weighted by atomic mass is 9.97. The van der Waals surface area contributed by atoms with Gasteiger partial charge in [-0.05, 0) is 31.8 Å². The van der Waals surface area contributed by atoms with Crippen molar-refractivity contribution >= 4 is 11.6 Å². The Kier molecular flexibility index (Phi) is 4.62. The second kappa shape index (κ2) is 6.42. The van der Waals surface area contributed by atoms with Crippen LogP contribution in [-0.2, 0) is 0 Å². The van der Waals surface area contributed by atoms with Gasteiger partial charge < -0.3 is 10.2 Å². The van der Waals surface area contributed by atoms with Crippen molar-refractivity contribution in [2.45, 2.75) is 19.8 Å². The van der Waals surface area contributed by atoms with Crippen molar-refractivity contribution in [3.05, 3.63) is 22.5 Å². The molecule has 1 aliphatic rings. The topological polar surface area (TPSA) is 84.2 Å². The number of aromatic nitrogens is 2. The quantitative estimate of drug-likeness (QED) is 0.636. The van der Waals surface area contributed by atoms with Crippen LogP contribution in [0, 0.1) is 16.0 Å². The van der Waals surface area contributed by atoms with Gasteiger partial charge in [-0.2, -0.15) is 0 Å². The number of nitro groups is 1. The summed E-state index contributed by atoms with van der Waals surface area (Å²) in [7, 11) is 0. The molecule has 1 fully saturated rings. The third-order valence-electron chi connectivity index (χ3n) is 3.42. The summed E-state index contributed by atoms with van der Waals surface area (Å²) in [5.41, 5.74) is -0.0641. The lowest BCUT2D eigenvalue weighted by Crippen LogP contribution is -2.38. The van der Waals surface area contributed by atoms with Crippen LogP contribution in [0.1, 0.15) is 19.8 Å². The second-order valence-electron chi connectivity index (χ2n) is 4.74. The highest BCUT2D eigenvalue weighted by Crippen LogP contribution is 2.20. The molecule has 7 heteroatoms. The number of hydrogen-bond donors (Lipinski definition) is 1. The van der Waals surface area contributed by atoms with E-state index in [1.54, 1.807) is 0 Å². The van der Waals surface area contributed by atoms with Gasteiger partial charge in [0.2, 0.25) is 5.95 Å². The molecule has 19 heavy (non-hydrogen) atoms. The van der Waals surface area contributed by atoms with E-state index in [0.717, 1.165) is 39.0 Å². The first kappa shape index (κ1) is 13.7. The molecule has 1 saturated heterocycles. The molecule has 1 aromatic heterocycles. The third kappa shape index (κ3) is 3.60. The van der Waals surface area contributed by atoms with Gasteiger partial charge >= 0.3 is 5.69 Å². The van der Waals surface area contributed by atoms with Crippen LogP contribution in [0.4, 0.5) is 11.6 Å². The van der Waals surface area contributed by atoms with Gasteiger partial charge in [0.15, 0.2) is 0 Å². The Morgan fingerprint density at radius 1 is 1.42 bits per heavy atom. The summed E-state index contributed by atoms with van der Waals surface area (Å²) in [6.45, 7) is 6.00. The summed E-state index contributed by atoms with van der Waals surface area (Å²) in [5.74, 6) is 1.29. The maximum Gasteiger partial charge on any atom is 0.305 e. The molecular weight excluding hydrogens is 246 g/mol. The summed E-state index contributed by atoms with van der Waals surface area (Å²) in [6.07, 6.45) is 4.75. The van der Waals surface area contributed by atoms with Crippen LogP contribution >= 0.6 is 0 Å². The van der Waals surface area contributed by atoms with Crippen LogP contribution < -0.4 is 10.2 Å². The minimum absolute atomic E-state index is 0.0641. The molecule has 1 aromatic rings. The second-order valence-corrected chi connectivity index (χ2v) is 4.74. The van der Waals surface area contributed by atoms with Crippen molar-refractivity contribution in [1.29, 1.82) is 0 Å². The van der Waals surface area contributed by atoms with Gasteiger partial charge in [0, 0.05) is 13.1 Å². The van der Waals surface area contributed by atoms with E-state index in [2.05, 4.69) is 27.1 Å². The molecule has 1 N–H and O–H groups in total. The van der Waals surface area contributed by atoms with E-state index in [1.807, 2.05) is 0 Å². The number of nitrogens with zero attached hydrogens (tertiary/aromatic N) is 4. The first-order valence-electron chi connectivity index (χ1n) is 6.62. The van der Waals surface area contributed by atoms with Gasteiger partial charge in [-0.1, -0.05) is 6.92 Å². The molecule has 0 aliphatic carbocycles. The molecule has 0 atom stereocenters. The summed E-state index contributed by atoms with van der Waals surface area (Å²) >= 11 is 0. The monoisotopic (exact) mass is 265 g/mol. The highest BCUT2D eigenvalue weighted by atomic mass is 16.6. The van der Waals surface area contributed by atoms with E-state index < -0.39 is 4.92 Å². The summed E-state index contributed by atoms with van der Waals surface area (Å²) in [6, 6.07) is 0. The number of rotatable bonds is 5. The molecule has 0 aromatic carbocycles. The SMILES string of the molecule is CCNCC1CCN(c2ncc([N+](=O)[O-])cn2)CC1. The fraction of sp³-hybridized carbons (Fsp3) is 0.667. The van der Waals surface area contributed by atoms with E-state index in [1.165, 1.54) is 12.4 Å². The Balaban J connectivity index is 1.88. The van der Waals surface area contributed by atoms with Crippen LogP contribution in [0.5, 0.6) is 0 Å². The standard InChI is InChI=1S/C12H19N5O2/c1-2-13-7-10-3-5-16(6-4-10)12-14-8-11(9-15-12)17(18)19/h8-10,13H,2-7H2,1H3. The molecule has 0 spiro atoms. The number of piperidine rings is 1. The molecule has 7 nitrogen and oxygen atoms in total. The summed E-state index contributed by atoms with van der Waals surface area (Å²) < 4.78 is 0. The van der Waals surface area contributed by atoms with Crippen LogP contribution in [0.3, 0.4) is 0 Å². The Bertz CT molecular complexity index is 415. The van der Waals surface area contributed by atoms with Crippen molar-refractivity contribution in [3.8, 4) is 0 Å². The van der Waals surface area contributed by atoms with Gasteiger partial charge in [0.1, 0.15) is 12.4 Å². The van der Waals surface area contributed by atoms with Crippen molar-refractivity contribution in [1.82, 2.24) is 15.3 Å². The van der Waals surface area contributed by atoms with E-state index >= 15 is 0 Å². The number of hydrogen-bond acceptors (Lipinski definition) is 6. The minimum atomic E-state index is -0.480. The molecule has 0 saturated carbocycles. The van der Waals surface area contributed by atoms with Crippen LogP contribution in [0.2, 0.25) is 0 Å². The number of anilines is 1. The fourth-order valence-electron chi connectivity index (χ4n) is 2.26. The summed E-state index contributed by atoms with van der Waals surface area (Å²) in [4.78, 5) is 20.3. The lowest BCUT2D eigenvalue weighted by Gasteiger charge is -2.31.